The third kappa shape index (κ3) is 3.01. The van der Waals surface area contributed by atoms with Crippen LogP contribution in [0.1, 0.15) is 31.7 Å². The van der Waals surface area contributed by atoms with Crippen molar-refractivity contribution in [1.82, 2.24) is 14.8 Å². The summed E-state index contributed by atoms with van der Waals surface area (Å²) in [6.45, 7) is 6.59. The fourth-order valence-electron chi connectivity index (χ4n) is 2.88. The van der Waals surface area contributed by atoms with Gasteiger partial charge in [-0.3, -0.25) is 9.69 Å². The Balaban J connectivity index is 1.58. The highest BCUT2D eigenvalue weighted by molar-refractivity contribution is 7.09. The zero-order valence-corrected chi connectivity index (χ0v) is 14.1. The van der Waals surface area contributed by atoms with E-state index in [4.69, 9.17) is 4.84 Å². The van der Waals surface area contributed by atoms with Crippen molar-refractivity contribution >= 4 is 23.0 Å². The number of hydrogen-bond donors (Lipinski definition) is 0. The molecule has 6 nitrogen and oxygen atoms in total. The van der Waals surface area contributed by atoms with E-state index in [1.165, 1.54) is 0 Å². The molecule has 1 atom stereocenters. The first kappa shape index (κ1) is 15.4. The Kier molecular flexibility index (Phi) is 4.18. The molecule has 1 saturated heterocycles. The largest absolute Gasteiger partial charge is 0.387 e. The van der Waals surface area contributed by atoms with Crippen molar-refractivity contribution in [3.63, 3.8) is 0 Å². The molecule has 1 aromatic heterocycles. The van der Waals surface area contributed by atoms with Gasteiger partial charge in [0.2, 0.25) is 0 Å². The van der Waals surface area contributed by atoms with E-state index in [1.54, 1.807) is 16.2 Å². The Bertz CT molecular complexity index is 572. The molecule has 1 fully saturated rings. The first-order valence-corrected chi connectivity index (χ1v) is 8.50. The summed E-state index contributed by atoms with van der Waals surface area (Å²) in [5.74, 6) is -0.0229. The molecule has 0 aliphatic carbocycles. The van der Waals surface area contributed by atoms with Gasteiger partial charge in [-0.05, 0) is 13.8 Å². The Labute approximate surface area is 134 Å². The molecule has 120 valence electrons. The molecule has 0 aromatic carbocycles. The zero-order chi connectivity index (χ0) is 15.7. The van der Waals surface area contributed by atoms with Gasteiger partial charge < -0.3 is 9.74 Å². The third-order valence-corrected chi connectivity index (χ3v) is 5.18. The summed E-state index contributed by atoms with van der Waals surface area (Å²) < 4.78 is 0. The highest BCUT2D eigenvalue weighted by atomic mass is 32.1. The summed E-state index contributed by atoms with van der Waals surface area (Å²) in [6.07, 6.45) is 3.35. The number of rotatable bonds is 4. The highest BCUT2D eigenvalue weighted by Crippen LogP contribution is 2.35. The van der Waals surface area contributed by atoms with Crippen molar-refractivity contribution in [2.45, 2.75) is 44.9 Å². The maximum absolute atomic E-state index is 12.4. The van der Waals surface area contributed by atoms with Crippen LogP contribution >= 0.6 is 11.3 Å². The van der Waals surface area contributed by atoms with E-state index >= 15 is 0 Å². The van der Waals surface area contributed by atoms with E-state index in [0.717, 1.165) is 31.1 Å². The second-order valence-corrected chi connectivity index (χ2v) is 7.36. The van der Waals surface area contributed by atoms with Crippen molar-refractivity contribution in [2.75, 3.05) is 20.1 Å². The van der Waals surface area contributed by atoms with Gasteiger partial charge >= 0.3 is 0 Å². The lowest BCUT2D eigenvalue weighted by Gasteiger charge is -2.23. The summed E-state index contributed by atoms with van der Waals surface area (Å²) in [7, 11) is 1.81. The minimum atomic E-state index is -0.319. The van der Waals surface area contributed by atoms with Gasteiger partial charge in [-0.2, -0.15) is 0 Å². The molecule has 2 aliphatic heterocycles. The SMILES string of the molecule is CC(C)N(C)C(=O)C1=NOC2(CCN(Cc3nccs3)C2)C1. The lowest BCUT2D eigenvalue weighted by molar-refractivity contribution is -0.124. The van der Waals surface area contributed by atoms with Gasteiger partial charge in [-0.15, -0.1) is 11.3 Å². The summed E-state index contributed by atoms with van der Waals surface area (Å²) in [4.78, 5) is 26.4. The number of nitrogens with zero attached hydrogens (tertiary/aromatic N) is 4. The standard InChI is InChI=1S/C15H22N4O2S/c1-11(2)18(3)14(20)12-8-15(21-17-12)4-6-19(10-15)9-13-16-5-7-22-13/h5,7,11H,4,6,8-10H2,1-3H3. The van der Waals surface area contributed by atoms with Crippen molar-refractivity contribution < 1.29 is 9.63 Å². The van der Waals surface area contributed by atoms with E-state index in [1.807, 2.05) is 32.5 Å². The minimum absolute atomic E-state index is 0.0229. The van der Waals surface area contributed by atoms with E-state index in [9.17, 15) is 4.79 Å². The van der Waals surface area contributed by atoms with E-state index in [0.29, 0.717) is 12.1 Å². The summed E-state index contributed by atoms with van der Waals surface area (Å²) in [5, 5.41) is 7.20. The van der Waals surface area contributed by atoms with Crippen LogP contribution in [0.2, 0.25) is 0 Å². The van der Waals surface area contributed by atoms with E-state index in [-0.39, 0.29) is 17.6 Å². The summed E-state index contributed by atoms with van der Waals surface area (Å²) in [5.41, 5.74) is 0.229. The van der Waals surface area contributed by atoms with Gasteiger partial charge in [0.25, 0.3) is 5.91 Å². The van der Waals surface area contributed by atoms with Crippen molar-refractivity contribution in [3.05, 3.63) is 16.6 Å². The molecule has 1 amide bonds. The number of thiazole rings is 1. The van der Waals surface area contributed by atoms with Crippen LogP contribution in [-0.4, -0.2) is 58.2 Å². The Morgan fingerprint density at radius 1 is 1.59 bits per heavy atom. The molecular formula is C15H22N4O2S. The monoisotopic (exact) mass is 322 g/mol. The van der Waals surface area contributed by atoms with Crippen molar-refractivity contribution in [2.24, 2.45) is 5.16 Å². The average Bonchev–Trinajstić information content (AvgIpc) is 3.21. The normalized spacial score (nSPS) is 24.8. The number of likely N-dealkylation sites (tertiary alicyclic amines) is 1. The van der Waals surface area contributed by atoms with Crippen LogP contribution in [0, 0.1) is 0 Å². The third-order valence-electron chi connectivity index (χ3n) is 4.42. The maximum atomic E-state index is 12.4. The van der Waals surface area contributed by atoms with Gasteiger partial charge in [0.15, 0.2) is 5.60 Å². The number of hydrogen-bond acceptors (Lipinski definition) is 6. The number of aromatic nitrogens is 1. The fourth-order valence-corrected chi connectivity index (χ4v) is 3.54. The molecule has 0 N–H and O–H groups in total. The molecule has 3 heterocycles. The van der Waals surface area contributed by atoms with Gasteiger partial charge in [-0.1, -0.05) is 5.16 Å². The predicted octanol–water partition coefficient (Wildman–Crippen LogP) is 1.73. The zero-order valence-electron chi connectivity index (χ0n) is 13.3. The first-order chi connectivity index (χ1) is 10.5. The average molecular weight is 322 g/mol. The smallest absolute Gasteiger partial charge is 0.271 e. The lowest BCUT2D eigenvalue weighted by Crippen LogP contribution is -2.40. The molecular weight excluding hydrogens is 300 g/mol. The van der Waals surface area contributed by atoms with E-state index < -0.39 is 0 Å². The van der Waals surface area contributed by atoms with Crippen LogP contribution < -0.4 is 0 Å². The Morgan fingerprint density at radius 3 is 3.09 bits per heavy atom. The second kappa shape index (κ2) is 5.96. The topological polar surface area (TPSA) is 58.0 Å². The molecule has 22 heavy (non-hydrogen) atoms. The molecule has 1 spiro atoms. The van der Waals surface area contributed by atoms with Gasteiger partial charge in [-0.25, -0.2) is 4.98 Å². The Hall–Kier alpha value is -1.47. The molecule has 0 bridgehead atoms. The maximum Gasteiger partial charge on any atom is 0.271 e. The molecule has 3 rings (SSSR count). The lowest BCUT2D eigenvalue weighted by atomic mass is 9.96. The van der Waals surface area contributed by atoms with Crippen LogP contribution in [0.3, 0.4) is 0 Å². The van der Waals surface area contributed by atoms with Crippen molar-refractivity contribution in [1.29, 1.82) is 0 Å². The van der Waals surface area contributed by atoms with Crippen LogP contribution in [0.5, 0.6) is 0 Å². The Morgan fingerprint density at radius 2 is 2.41 bits per heavy atom. The number of carbonyl (C=O) groups excluding carboxylic acids is 1. The summed E-state index contributed by atoms with van der Waals surface area (Å²) in [6, 6.07) is 0.164. The fraction of sp³-hybridized carbons (Fsp3) is 0.667. The molecule has 1 aromatic rings. The first-order valence-electron chi connectivity index (χ1n) is 7.62. The second-order valence-electron chi connectivity index (χ2n) is 6.39. The number of oxime groups is 1. The van der Waals surface area contributed by atoms with Gasteiger partial charge in [0, 0.05) is 50.6 Å². The van der Waals surface area contributed by atoms with Gasteiger partial charge in [0.1, 0.15) is 10.7 Å². The number of carbonyl (C=O) groups is 1. The number of amides is 1. The van der Waals surface area contributed by atoms with Crippen LogP contribution in [-0.2, 0) is 16.2 Å². The minimum Gasteiger partial charge on any atom is -0.387 e. The molecule has 7 heteroatoms. The van der Waals surface area contributed by atoms with Crippen LogP contribution in [0.15, 0.2) is 16.7 Å². The predicted molar refractivity (Wildman–Crippen MR) is 85.8 cm³/mol. The quantitative estimate of drug-likeness (QED) is 0.847. The molecule has 0 radical (unpaired) electrons. The molecule has 0 saturated carbocycles. The van der Waals surface area contributed by atoms with Crippen LogP contribution in [0.4, 0.5) is 0 Å². The highest BCUT2D eigenvalue weighted by Gasteiger charge is 2.47. The van der Waals surface area contributed by atoms with E-state index in [2.05, 4.69) is 15.0 Å². The molecule has 1 unspecified atom stereocenters. The van der Waals surface area contributed by atoms with Crippen LogP contribution in [0.25, 0.3) is 0 Å². The molecule has 2 aliphatic rings. The van der Waals surface area contributed by atoms with Gasteiger partial charge in [0.05, 0.1) is 6.54 Å². The van der Waals surface area contributed by atoms with Crippen molar-refractivity contribution in [3.8, 4) is 0 Å². The summed E-state index contributed by atoms with van der Waals surface area (Å²) >= 11 is 1.67.